The minimum Gasteiger partial charge on any atom is -0.398 e. The minimum atomic E-state index is 0.172. The fourth-order valence-electron chi connectivity index (χ4n) is 3.40. The molecule has 110 valence electrons. The number of halogens is 1. The zero-order valence-corrected chi connectivity index (χ0v) is 13.3. The van der Waals surface area contributed by atoms with Crippen LogP contribution in [0.4, 0.5) is 5.69 Å². The first-order valence-corrected chi connectivity index (χ1v) is 8.78. The fourth-order valence-corrected chi connectivity index (χ4v) is 4.97. The molecule has 1 atom stereocenters. The van der Waals surface area contributed by atoms with Crippen molar-refractivity contribution in [1.82, 2.24) is 0 Å². The zero-order valence-electron chi connectivity index (χ0n) is 11.7. The summed E-state index contributed by atoms with van der Waals surface area (Å²) in [4.78, 5) is 1.22. The standard InChI is InChI=1S/C16H22ClNOS/c17-14-10-12(4-5-15(14)18)20-13-6-9-19-16(11-13)7-2-1-3-8-16/h4-5,10,13H,1-3,6-9,11,18H2. The first kappa shape index (κ1) is 14.6. The summed E-state index contributed by atoms with van der Waals surface area (Å²) in [6, 6.07) is 5.97. The maximum atomic E-state index is 6.16. The molecule has 1 aromatic carbocycles. The van der Waals surface area contributed by atoms with Crippen molar-refractivity contribution in [3.05, 3.63) is 23.2 Å². The number of thioether (sulfide) groups is 1. The van der Waals surface area contributed by atoms with E-state index in [9.17, 15) is 0 Å². The van der Waals surface area contributed by atoms with Crippen LogP contribution in [0.3, 0.4) is 0 Å². The first-order chi connectivity index (χ1) is 9.67. The lowest BCUT2D eigenvalue weighted by Gasteiger charge is -2.43. The number of benzene rings is 1. The molecule has 2 N–H and O–H groups in total. The lowest BCUT2D eigenvalue weighted by atomic mass is 9.80. The molecule has 1 aliphatic carbocycles. The second-order valence-electron chi connectivity index (χ2n) is 6.01. The highest BCUT2D eigenvalue weighted by atomic mass is 35.5. The van der Waals surface area contributed by atoms with Crippen LogP contribution in [-0.2, 0) is 4.74 Å². The second-order valence-corrected chi connectivity index (χ2v) is 7.79. The molecular formula is C16H22ClNOS. The molecule has 0 aromatic heterocycles. The molecule has 1 spiro atoms. The van der Waals surface area contributed by atoms with Crippen LogP contribution in [0, 0.1) is 0 Å². The van der Waals surface area contributed by atoms with Crippen LogP contribution in [0.1, 0.15) is 44.9 Å². The molecule has 3 rings (SSSR count). The molecule has 1 saturated heterocycles. The summed E-state index contributed by atoms with van der Waals surface area (Å²) < 4.78 is 6.16. The van der Waals surface area contributed by atoms with E-state index in [1.165, 1.54) is 43.4 Å². The van der Waals surface area contributed by atoms with Gasteiger partial charge in [-0.15, -0.1) is 11.8 Å². The number of anilines is 1. The van der Waals surface area contributed by atoms with Gasteiger partial charge in [-0.3, -0.25) is 0 Å². The van der Waals surface area contributed by atoms with Gasteiger partial charge in [0, 0.05) is 16.8 Å². The Morgan fingerprint density at radius 2 is 2.05 bits per heavy atom. The van der Waals surface area contributed by atoms with Crippen LogP contribution < -0.4 is 5.73 Å². The van der Waals surface area contributed by atoms with Gasteiger partial charge in [0.25, 0.3) is 0 Å². The Morgan fingerprint density at radius 1 is 1.25 bits per heavy atom. The molecule has 2 fully saturated rings. The summed E-state index contributed by atoms with van der Waals surface area (Å²) in [5, 5.41) is 1.30. The normalized spacial score (nSPS) is 25.8. The molecule has 1 aliphatic heterocycles. The Labute approximate surface area is 130 Å². The molecule has 0 amide bonds. The summed E-state index contributed by atoms with van der Waals surface area (Å²) in [5.41, 5.74) is 6.60. The highest BCUT2D eigenvalue weighted by Gasteiger charge is 2.38. The molecular weight excluding hydrogens is 290 g/mol. The van der Waals surface area contributed by atoms with Crippen molar-refractivity contribution in [3.63, 3.8) is 0 Å². The van der Waals surface area contributed by atoms with Crippen molar-refractivity contribution in [2.24, 2.45) is 0 Å². The van der Waals surface area contributed by atoms with Gasteiger partial charge in [-0.2, -0.15) is 0 Å². The summed E-state index contributed by atoms with van der Waals surface area (Å²) in [6.45, 7) is 0.903. The molecule has 0 radical (unpaired) electrons. The number of hydrogen-bond donors (Lipinski definition) is 1. The molecule has 2 aliphatic rings. The Morgan fingerprint density at radius 3 is 2.80 bits per heavy atom. The van der Waals surface area contributed by atoms with E-state index in [0.717, 1.165) is 13.0 Å². The predicted molar refractivity (Wildman–Crippen MR) is 86.5 cm³/mol. The summed E-state index contributed by atoms with van der Waals surface area (Å²) >= 11 is 8.05. The van der Waals surface area contributed by atoms with Gasteiger partial charge in [0.05, 0.1) is 16.3 Å². The minimum absolute atomic E-state index is 0.172. The summed E-state index contributed by atoms with van der Waals surface area (Å²) in [5.74, 6) is 0. The Hall–Kier alpha value is -0.380. The molecule has 2 nitrogen and oxygen atoms in total. The maximum absolute atomic E-state index is 6.16. The van der Waals surface area contributed by atoms with E-state index in [1.54, 1.807) is 0 Å². The van der Waals surface area contributed by atoms with E-state index in [4.69, 9.17) is 22.1 Å². The van der Waals surface area contributed by atoms with Crippen LogP contribution in [0.2, 0.25) is 5.02 Å². The molecule has 20 heavy (non-hydrogen) atoms. The summed E-state index contributed by atoms with van der Waals surface area (Å²) in [6.07, 6.45) is 8.82. The zero-order chi connectivity index (χ0) is 14.0. The summed E-state index contributed by atoms with van der Waals surface area (Å²) in [7, 11) is 0. The van der Waals surface area contributed by atoms with E-state index >= 15 is 0 Å². The van der Waals surface area contributed by atoms with Gasteiger partial charge in [-0.05, 0) is 43.9 Å². The van der Waals surface area contributed by atoms with Crippen LogP contribution in [-0.4, -0.2) is 17.5 Å². The topological polar surface area (TPSA) is 35.2 Å². The van der Waals surface area contributed by atoms with E-state index < -0.39 is 0 Å². The number of rotatable bonds is 2. The van der Waals surface area contributed by atoms with Crippen molar-refractivity contribution in [1.29, 1.82) is 0 Å². The Bertz CT molecular complexity index is 468. The number of hydrogen-bond acceptors (Lipinski definition) is 3. The smallest absolute Gasteiger partial charge is 0.0693 e. The van der Waals surface area contributed by atoms with Gasteiger partial charge in [-0.25, -0.2) is 0 Å². The van der Waals surface area contributed by atoms with E-state index in [1.807, 2.05) is 23.9 Å². The van der Waals surface area contributed by atoms with E-state index in [0.29, 0.717) is 16.0 Å². The van der Waals surface area contributed by atoms with E-state index in [2.05, 4.69) is 6.07 Å². The fraction of sp³-hybridized carbons (Fsp3) is 0.625. The average molecular weight is 312 g/mol. The van der Waals surface area contributed by atoms with Crippen LogP contribution in [0.15, 0.2) is 23.1 Å². The first-order valence-electron chi connectivity index (χ1n) is 7.53. The van der Waals surface area contributed by atoms with Gasteiger partial charge in [0.2, 0.25) is 0 Å². The third-order valence-corrected chi connectivity index (χ3v) is 6.08. The molecule has 0 bridgehead atoms. The van der Waals surface area contributed by atoms with Crippen molar-refractivity contribution < 1.29 is 4.74 Å². The van der Waals surface area contributed by atoms with Gasteiger partial charge in [-0.1, -0.05) is 30.9 Å². The molecule has 4 heteroatoms. The van der Waals surface area contributed by atoms with E-state index in [-0.39, 0.29) is 5.60 Å². The van der Waals surface area contributed by atoms with Crippen LogP contribution >= 0.6 is 23.4 Å². The maximum Gasteiger partial charge on any atom is 0.0693 e. The van der Waals surface area contributed by atoms with Crippen LogP contribution in [0.25, 0.3) is 0 Å². The van der Waals surface area contributed by atoms with Crippen molar-refractivity contribution >= 4 is 29.1 Å². The average Bonchev–Trinajstić information content (AvgIpc) is 2.44. The largest absolute Gasteiger partial charge is 0.398 e. The van der Waals surface area contributed by atoms with Crippen molar-refractivity contribution in [2.75, 3.05) is 12.3 Å². The molecule has 1 saturated carbocycles. The lowest BCUT2D eigenvalue weighted by molar-refractivity contribution is -0.0970. The highest BCUT2D eigenvalue weighted by molar-refractivity contribution is 8.00. The molecule has 1 aromatic rings. The quantitative estimate of drug-likeness (QED) is 0.789. The third-order valence-electron chi connectivity index (χ3n) is 4.49. The lowest BCUT2D eigenvalue weighted by Crippen LogP contribution is -2.42. The number of nitrogen functional groups attached to an aromatic ring is 1. The third kappa shape index (κ3) is 3.26. The monoisotopic (exact) mass is 311 g/mol. The second kappa shape index (κ2) is 6.17. The molecule has 1 unspecified atom stereocenters. The SMILES string of the molecule is Nc1ccc(SC2CCOC3(CCCCC3)C2)cc1Cl. The van der Waals surface area contributed by atoms with Gasteiger partial charge < -0.3 is 10.5 Å². The van der Waals surface area contributed by atoms with Crippen molar-refractivity contribution in [3.8, 4) is 0 Å². The highest BCUT2D eigenvalue weighted by Crippen LogP contribution is 2.43. The van der Waals surface area contributed by atoms with Gasteiger partial charge in [0.1, 0.15) is 0 Å². The predicted octanol–water partition coefficient (Wildman–Crippen LogP) is 4.90. The number of ether oxygens (including phenoxy) is 1. The molecule has 1 heterocycles. The number of nitrogens with two attached hydrogens (primary N) is 1. The Balaban J connectivity index is 1.66. The van der Waals surface area contributed by atoms with Gasteiger partial charge >= 0.3 is 0 Å². The Kier molecular flexibility index (Phi) is 4.49. The van der Waals surface area contributed by atoms with Gasteiger partial charge in [0.15, 0.2) is 0 Å². The van der Waals surface area contributed by atoms with Crippen molar-refractivity contribution in [2.45, 2.75) is 60.7 Å². The van der Waals surface area contributed by atoms with Crippen LogP contribution in [0.5, 0.6) is 0 Å².